The smallest absolute Gasteiger partial charge is 0.308 e. The van der Waals surface area contributed by atoms with E-state index in [1.54, 1.807) is 0 Å². The summed E-state index contributed by atoms with van der Waals surface area (Å²) in [5.74, 6) is 0.278. The molecule has 1 aromatic heterocycles. The van der Waals surface area contributed by atoms with Crippen LogP contribution in [0.5, 0.6) is 5.75 Å². The van der Waals surface area contributed by atoms with E-state index in [0.29, 0.717) is 5.75 Å². The molecular formula is C21H25NO2. The minimum absolute atomic E-state index is 0.319. The van der Waals surface area contributed by atoms with Gasteiger partial charge >= 0.3 is 5.97 Å². The molecule has 0 aliphatic heterocycles. The maximum Gasteiger partial charge on any atom is 0.308 e. The number of nitrogens with zero attached hydrogens (tertiary/aromatic N) is 1. The number of fused-ring (bicyclic) bond motifs is 1. The highest BCUT2D eigenvalue weighted by atomic mass is 16.5. The first-order valence-corrected chi connectivity index (χ1v) is 8.54. The van der Waals surface area contributed by atoms with Gasteiger partial charge in [0.05, 0.1) is 11.2 Å². The van der Waals surface area contributed by atoms with Gasteiger partial charge in [-0.05, 0) is 38.0 Å². The number of benzene rings is 1. The molecule has 3 nitrogen and oxygen atoms in total. The first-order valence-electron chi connectivity index (χ1n) is 8.54. The predicted molar refractivity (Wildman–Crippen MR) is 100 cm³/mol. The van der Waals surface area contributed by atoms with Crippen LogP contribution in [0.1, 0.15) is 50.8 Å². The topological polar surface area (TPSA) is 39.2 Å². The molecule has 1 heterocycles. The van der Waals surface area contributed by atoms with Gasteiger partial charge in [-0.2, -0.15) is 0 Å². The highest BCUT2D eigenvalue weighted by molar-refractivity contribution is 5.90. The van der Waals surface area contributed by atoms with Crippen LogP contribution in [0.4, 0.5) is 0 Å². The lowest BCUT2D eigenvalue weighted by atomic mass is 10.1. The second kappa shape index (κ2) is 9.02. The number of unbranched alkanes of at least 4 members (excludes halogenated alkanes) is 3. The number of carbonyl (C=O) groups excluding carboxylic acids is 1. The number of allylic oxidation sites excluding steroid dienone is 3. The van der Waals surface area contributed by atoms with Gasteiger partial charge in [0.2, 0.25) is 0 Å². The normalized spacial score (nSPS) is 11.6. The zero-order valence-electron chi connectivity index (χ0n) is 14.7. The van der Waals surface area contributed by atoms with Gasteiger partial charge in [0, 0.05) is 17.9 Å². The van der Waals surface area contributed by atoms with Crippen molar-refractivity contribution < 1.29 is 9.53 Å². The zero-order chi connectivity index (χ0) is 17.4. The van der Waals surface area contributed by atoms with Gasteiger partial charge in [0.1, 0.15) is 5.75 Å². The number of aromatic nitrogens is 1. The number of ether oxygens (including phenoxy) is 1. The third kappa shape index (κ3) is 4.79. The standard InChI is InChI=1S/C21H25NO2/c1-4-5-6-7-8-9-10-14-19-16(2)21(24-17(3)23)18-13-11-12-15-20(18)22-19/h8-15H,4-7H2,1-3H3/b9-8+,14-10+. The molecule has 2 rings (SSSR count). The Bertz CT molecular complexity index is 760. The minimum atomic E-state index is -0.319. The van der Waals surface area contributed by atoms with Crippen LogP contribution in [0.25, 0.3) is 17.0 Å². The molecule has 126 valence electrons. The summed E-state index contributed by atoms with van der Waals surface area (Å²) < 4.78 is 5.44. The van der Waals surface area contributed by atoms with Gasteiger partial charge in [-0.1, -0.05) is 50.1 Å². The summed E-state index contributed by atoms with van der Waals surface area (Å²) in [6, 6.07) is 7.71. The van der Waals surface area contributed by atoms with Crippen molar-refractivity contribution >= 4 is 22.9 Å². The van der Waals surface area contributed by atoms with E-state index < -0.39 is 0 Å². The Morgan fingerprint density at radius 3 is 2.75 bits per heavy atom. The molecule has 0 N–H and O–H groups in total. The summed E-state index contributed by atoms with van der Waals surface area (Å²) in [4.78, 5) is 16.1. The van der Waals surface area contributed by atoms with E-state index in [0.717, 1.165) is 28.6 Å². The van der Waals surface area contributed by atoms with E-state index in [4.69, 9.17) is 4.74 Å². The van der Waals surface area contributed by atoms with Crippen LogP contribution in [0, 0.1) is 6.92 Å². The lowest BCUT2D eigenvalue weighted by molar-refractivity contribution is -0.131. The van der Waals surface area contributed by atoms with Crippen molar-refractivity contribution in [3.05, 3.63) is 53.8 Å². The Balaban J connectivity index is 2.26. The fourth-order valence-electron chi connectivity index (χ4n) is 2.57. The van der Waals surface area contributed by atoms with E-state index in [1.807, 2.05) is 43.3 Å². The van der Waals surface area contributed by atoms with Gasteiger partial charge < -0.3 is 4.74 Å². The molecule has 0 spiro atoms. The molecule has 0 unspecified atom stereocenters. The van der Waals surface area contributed by atoms with Gasteiger partial charge in [0.15, 0.2) is 0 Å². The second-order valence-electron chi connectivity index (χ2n) is 5.85. The highest BCUT2D eigenvalue weighted by Crippen LogP contribution is 2.31. The van der Waals surface area contributed by atoms with Crippen molar-refractivity contribution in [2.45, 2.75) is 46.5 Å². The molecule has 0 atom stereocenters. The largest absolute Gasteiger partial charge is 0.426 e. The maximum absolute atomic E-state index is 11.4. The zero-order valence-corrected chi connectivity index (χ0v) is 14.7. The molecule has 1 aromatic carbocycles. The number of esters is 1. The molecule has 2 aromatic rings. The van der Waals surface area contributed by atoms with Gasteiger partial charge in [-0.25, -0.2) is 4.98 Å². The number of rotatable bonds is 7. The average molecular weight is 323 g/mol. The molecule has 24 heavy (non-hydrogen) atoms. The molecule has 0 saturated carbocycles. The Kier molecular flexibility index (Phi) is 6.74. The fourth-order valence-corrected chi connectivity index (χ4v) is 2.57. The molecule has 0 bridgehead atoms. The quantitative estimate of drug-likeness (QED) is 0.377. The van der Waals surface area contributed by atoms with Crippen LogP contribution in [-0.4, -0.2) is 11.0 Å². The number of carbonyl (C=O) groups is 1. The van der Waals surface area contributed by atoms with Crippen LogP contribution in [-0.2, 0) is 4.79 Å². The second-order valence-corrected chi connectivity index (χ2v) is 5.85. The summed E-state index contributed by atoms with van der Waals surface area (Å²) in [5, 5.41) is 0.859. The van der Waals surface area contributed by atoms with Crippen LogP contribution in [0.2, 0.25) is 0 Å². The van der Waals surface area contributed by atoms with Crippen LogP contribution >= 0.6 is 0 Å². The lowest BCUT2D eigenvalue weighted by Gasteiger charge is -2.11. The van der Waals surface area contributed by atoms with E-state index in [1.165, 1.54) is 26.2 Å². The SMILES string of the molecule is CCCCC/C=C/C=C/c1nc2ccccc2c(OC(C)=O)c1C. The van der Waals surface area contributed by atoms with Crippen LogP contribution in [0.15, 0.2) is 42.5 Å². The Morgan fingerprint density at radius 2 is 2.00 bits per heavy atom. The summed E-state index contributed by atoms with van der Waals surface area (Å²) in [6.07, 6.45) is 13.0. The number of hydrogen-bond donors (Lipinski definition) is 0. The number of pyridine rings is 1. The van der Waals surface area contributed by atoms with E-state index in [-0.39, 0.29) is 5.97 Å². The number of para-hydroxylation sites is 1. The molecule has 0 radical (unpaired) electrons. The van der Waals surface area contributed by atoms with E-state index in [9.17, 15) is 4.79 Å². The number of hydrogen-bond acceptors (Lipinski definition) is 3. The van der Waals surface area contributed by atoms with Crippen molar-refractivity contribution in [2.75, 3.05) is 0 Å². The molecule has 0 aliphatic carbocycles. The maximum atomic E-state index is 11.4. The van der Waals surface area contributed by atoms with Gasteiger partial charge in [-0.15, -0.1) is 0 Å². The monoisotopic (exact) mass is 323 g/mol. The molecule has 0 saturated heterocycles. The van der Waals surface area contributed by atoms with Crippen molar-refractivity contribution in [3.63, 3.8) is 0 Å². The minimum Gasteiger partial charge on any atom is -0.426 e. The lowest BCUT2D eigenvalue weighted by Crippen LogP contribution is -2.05. The first kappa shape index (κ1) is 17.9. The van der Waals surface area contributed by atoms with E-state index in [2.05, 4.69) is 24.1 Å². The molecular weight excluding hydrogens is 298 g/mol. The van der Waals surface area contributed by atoms with Crippen LogP contribution in [0.3, 0.4) is 0 Å². The van der Waals surface area contributed by atoms with Crippen molar-refractivity contribution in [1.29, 1.82) is 0 Å². The molecule has 0 amide bonds. The summed E-state index contributed by atoms with van der Waals surface area (Å²) in [6.45, 7) is 5.56. The molecule has 0 aliphatic rings. The van der Waals surface area contributed by atoms with Crippen LogP contribution < -0.4 is 4.74 Å². The molecule has 0 fully saturated rings. The third-order valence-electron chi connectivity index (χ3n) is 3.84. The molecule has 3 heteroatoms. The van der Waals surface area contributed by atoms with Crippen molar-refractivity contribution in [3.8, 4) is 5.75 Å². The average Bonchev–Trinajstić information content (AvgIpc) is 2.57. The first-order chi connectivity index (χ1) is 11.6. The van der Waals surface area contributed by atoms with Gasteiger partial charge in [0.25, 0.3) is 0 Å². The van der Waals surface area contributed by atoms with Crippen molar-refractivity contribution in [1.82, 2.24) is 4.98 Å². The van der Waals surface area contributed by atoms with E-state index >= 15 is 0 Å². The van der Waals surface area contributed by atoms with Crippen molar-refractivity contribution in [2.24, 2.45) is 0 Å². The predicted octanol–water partition coefficient (Wildman–Crippen LogP) is 5.62. The summed E-state index contributed by atoms with van der Waals surface area (Å²) >= 11 is 0. The van der Waals surface area contributed by atoms with Gasteiger partial charge in [-0.3, -0.25) is 4.79 Å². The summed E-state index contributed by atoms with van der Waals surface area (Å²) in [5.41, 5.74) is 2.52. The fraction of sp³-hybridized carbons (Fsp3) is 0.333. The highest BCUT2D eigenvalue weighted by Gasteiger charge is 2.12. The third-order valence-corrected chi connectivity index (χ3v) is 3.84. The summed E-state index contributed by atoms with van der Waals surface area (Å²) in [7, 11) is 0. The Labute approximate surface area is 144 Å². The Hall–Kier alpha value is -2.42. The Morgan fingerprint density at radius 1 is 1.21 bits per heavy atom.